The van der Waals surface area contributed by atoms with Crippen LogP contribution in [0.3, 0.4) is 0 Å². The van der Waals surface area contributed by atoms with Gasteiger partial charge in [-0.1, -0.05) is 25.7 Å². The Morgan fingerprint density at radius 2 is 2.04 bits per heavy atom. The Balaban J connectivity index is 2.14. The molecule has 0 fully saturated rings. The first-order valence-electron chi connectivity index (χ1n) is 8.33. The molecular formula is C16H25N5O3. The first kappa shape index (κ1) is 18.1. The van der Waals surface area contributed by atoms with Crippen LogP contribution < -0.4 is 10.9 Å². The molecule has 132 valence electrons. The van der Waals surface area contributed by atoms with Crippen LogP contribution in [0, 0.1) is 5.41 Å². The number of hydrogen-bond donors (Lipinski definition) is 3. The Kier molecular flexibility index (Phi) is 6.48. The van der Waals surface area contributed by atoms with Gasteiger partial charge in [-0.25, -0.2) is 15.0 Å². The van der Waals surface area contributed by atoms with Crippen LogP contribution in [0.4, 0.5) is 5.95 Å². The summed E-state index contributed by atoms with van der Waals surface area (Å²) in [6, 6.07) is 1.87. The molecule has 2 amide bonds. The molecule has 0 aliphatic carbocycles. The zero-order valence-electron chi connectivity index (χ0n) is 14.0. The third kappa shape index (κ3) is 5.16. The minimum absolute atomic E-state index is 0.0646. The number of aromatic nitrogens is 2. The van der Waals surface area contributed by atoms with Crippen molar-refractivity contribution in [1.29, 1.82) is 0 Å². The molecule has 0 saturated heterocycles. The number of amides is 2. The number of fused-ring (bicyclic) bond motifs is 2. The van der Waals surface area contributed by atoms with Gasteiger partial charge in [0, 0.05) is 11.9 Å². The Labute approximate surface area is 141 Å². The molecule has 1 atom stereocenters. The predicted octanol–water partition coefficient (Wildman–Crippen LogP) is 1.67. The number of carbonyl (C=O) groups excluding carboxylic acids is 2. The molecular weight excluding hydrogens is 310 g/mol. The van der Waals surface area contributed by atoms with Crippen LogP contribution in [0.25, 0.3) is 0 Å². The van der Waals surface area contributed by atoms with Crippen LogP contribution in [-0.4, -0.2) is 39.1 Å². The molecule has 1 aromatic rings. The Hall–Kier alpha value is -2.22. The van der Waals surface area contributed by atoms with Crippen molar-refractivity contribution in [3.05, 3.63) is 18.0 Å². The lowest BCUT2D eigenvalue weighted by Gasteiger charge is -2.30. The fraction of sp³-hybridized carbons (Fsp3) is 0.625. The lowest BCUT2D eigenvalue weighted by atomic mass is 9.83. The highest BCUT2D eigenvalue weighted by Crippen LogP contribution is 2.26. The summed E-state index contributed by atoms with van der Waals surface area (Å²) in [7, 11) is 0. The van der Waals surface area contributed by atoms with Crippen molar-refractivity contribution in [3.8, 4) is 0 Å². The zero-order valence-corrected chi connectivity index (χ0v) is 14.0. The quantitative estimate of drug-likeness (QED) is 0.441. The van der Waals surface area contributed by atoms with E-state index in [1.54, 1.807) is 13.1 Å². The minimum Gasteiger partial charge on any atom is -0.286 e. The summed E-state index contributed by atoms with van der Waals surface area (Å²) in [4.78, 5) is 31.7. The molecule has 0 spiro atoms. The zero-order chi connectivity index (χ0) is 17.4. The fourth-order valence-electron chi connectivity index (χ4n) is 2.87. The fourth-order valence-corrected chi connectivity index (χ4v) is 2.87. The van der Waals surface area contributed by atoms with Crippen molar-refractivity contribution in [2.24, 2.45) is 5.41 Å². The maximum atomic E-state index is 12.6. The Morgan fingerprint density at radius 1 is 1.29 bits per heavy atom. The molecule has 1 aromatic heterocycles. The number of aryl methyl sites for hydroxylation is 1. The molecule has 1 aliphatic rings. The third-order valence-corrected chi connectivity index (χ3v) is 4.34. The normalized spacial score (nSPS) is 22.7. The molecule has 2 bridgehead atoms. The van der Waals surface area contributed by atoms with E-state index in [2.05, 4.69) is 20.8 Å². The van der Waals surface area contributed by atoms with Crippen LogP contribution in [0.15, 0.2) is 12.3 Å². The maximum Gasteiger partial charge on any atom is 0.246 e. The Morgan fingerprint density at radius 3 is 2.83 bits per heavy atom. The van der Waals surface area contributed by atoms with Gasteiger partial charge >= 0.3 is 0 Å². The second kappa shape index (κ2) is 8.58. The molecule has 0 aromatic carbocycles. The van der Waals surface area contributed by atoms with Crippen LogP contribution in [0.2, 0.25) is 0 Å². The number of hydrogen-bond acceptors (Lipinski definition) is 6. The monoisotopic (exact) mass is 335 g/mol. The second-order valence-electron chi connectivity index (χ2n) is 6.48. The smallest absolute Gasteiger partial charge is 0.246 e. The predicted molar refractivity (Wildman–Crippen MR) is 87.9 cm³/mol. The van der Waals surface area contributed by atoms with E-state index in [4.69, 9.17) is 0 Å². The second-order valence-corrected chi connectivity index (χ2v) is 6.48. The number of rotatable bonds is 3. The van der Waals surface area contributed by atoms with Crippen molar-refractivity contribution in [2.45, 2.75) is 51.9 Å². The van der Waals surface area contributed by atoms with Crippen LogP contribution in [0.1, 0.15) is 51.1 Å². The molecule has 0 unspecified atom stereocenters. The largest absolute Gasteiger partial charge is 0.286 e. The average Bonchev–Trinajstić information content (AvgIpc) is 2.58. The molecule has 24 heavy (non-hydrogen) atoms. The van der Waals surface area contributed by atoms with Crippen molar-refractivity contribution < 1.29 is 14.8 Å². The van der Waals surface area contributed by atoms with Gasteiger partial charge in [-0.15, -0.1) is 0 Å². The van der Waals surface area contributed by atoms with Gasteiger partial charge in [-0.05, 0) is 32.3 Å². The molecule has 0 saturated carbocycles. The SMILES string of the molecule is C[C@]1(CN(O)C=O)CCCCCCCc2ccnc(n2)NNC1=O. The third-order valence-electron chi connectivity index (χ3n) is 4.34. The summed E-state index contributed by atoms with van der Waals surface area (Å²) in [5.74, 6) is 0.0194. The van der Waals surface area contributed by atoms with E-state index in [0.29, 0.717) is 23.8 Å². The first-order valence-corrected chi connectivity index (χ1v) is 8.33. The van der Waals surface area contributed by atoms with Gasteiger partial charge in [0.2, 0.25) is 18.3 Å². The molecule has 0 radical (unpaired) electrons. The lowest BCUT2D eigenvalue weighted by molar-refractivity contribution is -0.160. The van der Waals surface area contributed by atoms with E-state index in [9.17, 15) is 14.8 Å². The standard InChI is InChI=1S/C16H25N5O3/c1-16(11-21(24)12-22)9-6-4-2-3-5-7-13-8-10-17-15(18-13)20-19-14(16)23/h8,10,12,24H,2-7,9,11H2,1H3,(H,19,23)(H,17,18,20)/t16-/m1/s1. The van der Waals surface area contributed by atoms with Crippen LogP contribution in [0.5, 0.6) is 0 Å². The van der Waals surface area contributed by atoms with Crippen molar-refractivity contribution in [2.75, 3.05) is 12.0 Å². The Bertz CT molecular complexity index is 568. The van der Waals surface area contributed by atoms with Gasteiger partial charge in [-0.3, -0.25) is 25.6 Å². The maximum absolute atomic E-state index is 12.6. The number of anilines is 1. The summed E-state index contributed by atoms with van der Waals surface area (Å²) in [5, 5.41) is 10.0. The highest BCUT2D eigenvalue weighted by molar-refractivity contribution is 5.83. The summed E-state index contributed by atoms with van der Waals surface area (Å²) >= 11 is 0. The lowest BCUT2D eigenvalue weighted by Crippen LogP contribution is -2.47. The average molecular weight is 335 g/mol. The number of carbonyl (C=O) groups is 2. The van der Waals surface area contributed by atoms with E-state index in [1.807, 2.05) is 6.07 Å². The number of nitrogens with one attached hydrogen (secondary N) is 2. The van der Waals surface area contributed by atoms with Gasteiger partial charge < -0.3 is 0 Å². The van der Waals surface area contributed by atoms with E-state index < -0.39 is 5.41 Å². The van der Waals surface area contributed by atoms with Crippen molar-refractivity contribution in [1.82, 2.24) is 20.5 Å². The van der Waals surface area contributed by atoms with Gasteiger partial charge in [0.15, 0.2) is 0 Å². The molecule has 1 aliphatic heterocycles. The van der Waals surface area contributed by atoms with E-state index in [0.717, 1.165) is 44.2 Å². The van der Waals surface area contributed by atoms with Gasteiger partial charge in [-0.2, -0.15) is 0 Å². The van der Waals surface area contributed by atoms with Gasteiger partial charge in [0.25, 0.3) is 0 Å². The summed E-state index contributed by atoms with van der Waals surface area (Å²) < 4.78 is 0. The van der Waals surface area contributed by atoms with E-state index >= 15 is 0 Å². The molecule has 3 N–H and O–H groups in total. The summed E-state index contributed by atoms with van der Waals surface area (Å²) in [6.45, 7) is 1.67. The summed E-state index contributed by atoms with van der Waals surface area (Å²) in [6.07, 6.45) is 8.56. The molecule has 8 nitrogen and oxygen atoms in total. The molecule has 2 rings (SSSR count). The summed E-state index contributed by atoms with van der Waals surface area (Å²) in [5.41, 5.74) is 5.36. The topological polar surface area (TPSA) is 107 Å². The van der Waals surface area contributed by atoms with Gasteiger partial charge in [0.1, 0.15) is 0 Å². The molecule has 8 heteroatoms. The van der Waals surface area contributed by atoms with Gasteiger partial charge in [0.05, 0.1) is 12.0 Å². The number of hydroxylamine groups is 2. The van der Waals surface area contributed by atoms with Crippen molar-refractivity contribution in [3.63, 3.8) is 0 Å². The van der Waals surface area contributed by atoms with E-state index in [1.165, 1.54) is 0 Å². The van der Waals surface area contributed by atoms with Crippen LogP contribution >= 0.6 is 0 Å². The first-order chi connectivity index (χ1) is 11.5. The minimum atomic E-state index is -0.898. The highest BCUT2D eigenvalue weighted by Gasteiger charge is 2.35. The highest BCUT2D eigenvalue weighted by atomic mass is 16.5. The van der Waals surface area contributed by atoms with Crippen molar-refractivity contribution >= 4 is 18.3 Å². The number of nitrogens with zero attached hydrogens (tertiary/aromatic N) is 3. The number of hydrazine groups is 1. The molecule has 2 heterocycles. The van der Waals surface area contributed by atoms with Crippen LogP contribution in [-0.2, 0) is 16.0 Å². The van der Waals surface area contributed by atoms with E-state index in [-0.39, 0.29) is 12.5 Å².